The fourth-order valence-corrected chi connectivity index (χ4v) is 4.39. The molecule has 0 aliphatic rings. The van der Waals surface area contributed by atoms with Gasteiger partial charge >= 0.3 is 0 Å². The number of benzene rings is 1. The first-order chi connectivity index (χ1) is 14.3. The van der Waals surface area contributed by atoms with Crippen molar-refractivity contribution in [3.05, 3.63) is 53.7 Å². The fourth-order valence-electron chi connectivity index (χ4n) is 2.89. The lowest BCUT2D eigenvalue weighted by Gasteiger charge is -2.09. The Bertz CT molecular complexity index is 1040. The van der Waals surface area contributed by atoms with Gasteiger partial charge in [0.2, 0.25) is 5.89 Å². The fraction of sp³-hybridized carbons (Fsp3) is 0.286. The van der Waals surface area contributed by atoms with E-state index in [0.29, 0.717) is 11.6 Å². The molecular weight excluding hydrogens is 404 g/mol. The van der Waals surface area contributed by atoms with E-state index in [4.69, 9.17) is 9.15 Å². The van der Waals surface area contributed by atoms with Crippen LogP contribution < -0.4 is 4.74 Å². The van der Waals surface area contributed by atoms with Crippen LogP contribution in [0.15, 0.2) is 57.6 Å². The number of methoxy groups -OCH3 is 1. The number of unbranched alkanes of at least 4 members (excludes halogenated alkanes) is 1. The highest BCUT2D eigenvalue weighted by Gasteiger charge is 2.16. The Morgan fingerprint density at radius 2 is 2.03 bits per heavy atom. The Kier molecular flexibility index (Phi) is 6.31. The number of thiophene rings is 1. The van der Waals surface area contributed by atoms with Crippen LogP contribution in [-0.4, -0.2) is 26.9 Å². The van der Waals surface area contributed by atoms with Gasteiger partial charge < -0.3 is 13.7 Å². The molecule has 150 valence electrons. The van der Waals surface area contributed by atoms with Crippen molar-refractivity contribution in [3.63, 3.8) is 0 Å². The first kappa shape index (κ1) is 19.7. The monoisotopic (exact) mass is 426 g/mol. The van der Waals surface area contributed by atoms with Crippen LogP contribution in [0.4, 0.5) is 0 Å². The Morgan fingerprint density at radius 1 is 1.17 bits per heavy atom. The lowest BCUT2D eigenvalue weighted by molar-refractivity contribution is 0.415. The molecule has 3 heterocycles. The van der Waals surface area contributed by atoms with E-state index in [1.165, 1.54) is 0 Å². The van der Waals surface area contributed by atoms with Crippen molar-refractivity contribution in [2.75, 3.05) is 7.11 Å². The molecule has 4 aromatic rings. The van der Waals surface area contributed by atoms with Gasteiger partial charge in [0.25, 0.3) is 0 Å². The second kappa shape index (κ2) is 9.28. The third-order valence-corrected chi connectivity index (χ3v) is 6.29. The maximum Gasteiger partial charge on any atom is 0.236 e. The maximum atomic E-state index is 5.62. The summed E-state index contributed by atoms with van der Waals surface area (Å²) in [6.45, 7) is 3.07. The molecular formula is C21H22N4O2S2. The molecule has 0 N–H and O–H groups in total. The number of aromatic nitrogens is 4. The predicted molar refractivity (Wildman–Crippen MR) is 116 cm³/mol. The lowest BCUT2D eigenvalue weighted by atomic mass is 10.2. The number of hydrogen-bond acceptors (Lipinski definition) is 7. The highest BCUT2D eigenvalue weighted by molar-refractivity contribution is 7.98. The minimum atomic E-state index is 0.668. The predicted octanol–water partition coefficient (Wildman–Crippen LogP) is 5.76. The molecule has 0 fully saturated rings. The Labute approximate surface area is 178 Å². The Balaban J connectivity index is 1.52. The van der Waals surface area contributed by atoms with Crippen molar-refractivity contribution < 1.29 is 9.15 Å². The van der Waals surface area contributed by atoms with E-state index in [2.05, 4.69) is 26.7 Å². The second-order valence-corrected chi connectivity index (χ2v) is 8.34. The van der Waals surface area contributed by atoms with E-state index < -0.39 is 0 Å². The smallest absolute Gasteiger partial charge is 0.236 e. The quantitative estimate of drug-likeness (QED) is 0.317. The summed E-state index contributed by atoms with van der Waals surface area (Å²) in [5.41, 5.74) is 1.93. The summed E-state index contributed by atoms with van der Waals surface area (Å²) in [4.78, 5) is 5.63. The van der Waals surface area contributed by atoms with Crippen LogP contribution in [0.5, 0.6) is 5.75 Å². The van der Waals surface area contributed by atoms with Crippen LogP contribution in [0.1, 0.15) is 25.5 Å². The molecule has 3 aromatic heterocycles. The summed E-state index contributed by atoms with van der Waals surface area (Å²) >= 11 is 3.25. The zero-order valence-corrected chi connectivity index (χ0v) is 18.0. The van der Waals surface area contributed by atoms with Gasteiger partial charge in [-0.1, -0.05) is 31.2 Å². The van der Waals surface area contributed by atoms with Crippen LogP contribution >= 0.6 is 23.1 Å². The number of hydrogen-bond donors (Lipinski definition) is 0. The summed E-state index contributed by atoms with van der Waals surface area (Å²) in [5.74, 6) is 3.06. The first-order valence-electron chi connectivity index (χ1n) is 9.47. The summed E-state index contributed by atoms with van der Waals surface area (Å²) < 4.78 is 13.1. The molecule has 8 heteroatoms. The van der Waals surface area contributed by atoms with Crippen molar-refractivity contribution in [3.8, 4) is 27.9 Å². The van der Waals surface area contributed by atoms with Crippen molar-refractivity contribution in [2.24, 2.45) is 0 Å². The van der Waals surface area contributed by atoms with Crippen LogP contribution in [0.2, 0.25) is 0 Å². The molecule has 0 bridgehead atoms. The SMILES string of the molecule is CCCCn1c(SCc2coc(-c3cccs3)n2)nnc1-c1ccc(OC)cc1. The number of oxazole rings is 1. The van der Waals surface area contributed by atoms with Crippen molar-refractivity contribution in [1.82, 2.24) is 19.7 Å². The second-order valence-electron chi connectivity index (χ2n) is 6.45. The molecule has 0 saturated heterocycles. The zero-order chi connectivity index (χ0) is 20.1. The molecule has 0 saturated carbocycles. The number of thioether (sulfide) groups is 1. The third kappa shape index (κ3) is 4.54. The summed E-state index contributed by atoms with van der Waals surface area (Å²) in [5, 5.41) is 11.8. The third-order valence-electron chi connectivity index (χ3n) is 4.43. The van der Waals surface area contributed by atoms with Gasteiger partial charge in [0.15, 0.2) is 11.0 Å². The van der Waals surface area contributed by atoms with Gasteiger partial charge in [-0.25, -0.2) is 4.98 Å². The Morgan fingerprint density at radius 3 is 2.76 bits per heavy atom. The first-order valence-corrected chi connectivity index (χ1v) is 11.3. The normalized spacial score (nSPS) is 11.1. The average Bonchev–Trinajstić information content (AvgIpc) is 3.51. The highest BCUT2D eigenvalue weighted by atomic mass is 32.2. The summed E-state index contributed by atoms with van der Waals surface area (Å²) in [6.07, 6.45) is 3.90. The maximum absolute atomic E-state index is 5.62. The van der Waals surface area contributed by atoms with Gasteiger partial charge in [0, 0.05) is 17.9 Å². The summed E-state index contributed by atoms with van der Waals surface area (Å²) in [7, 11) is 1.67. The minimum Gasteiger partial charge on any atom is -0.497 e. The molecule has 0 aliphatic carbocycles. The van der Waals surface area contributed by atoms with Gasteiger partial charge in [-0.2, -0.15) is 0 Å². The van der Waals surface area contributed by atoms with Crippen LogP contribution in [0.25, 0.3) is 22.2 Å². The number of ether oxygens (including phenoxy) is 1. The molecule has 4 rings (SSSR count). The van der Waals surface area contributed by atoms with Gasteiger partial charge in [0.05, 0.1) is 17.7 Å². The van der Waals surface area contributed by atoms with Crippen molar-refractivity contribution >= 4 is 23.1 Å². The van der Waals surface area contributed by atoms with Crippen LogP contribution in [0.3, 0.4) is 0 Å². The summed E-state index contributed by atoms with van der Waals surface area (Å²) in [6, 6.07) is 11.9. The van der Waals surface area contributed by atoms with E-state index in [0.717, 1.165) is 52.3 Å². The van der Waals surface area contributed by atoms with Crippen LogP contribution in [0, 0.1) is 0 Å². The largest absolute Gasteiger partial charge is 0.497 e. The molecule has 29 heavy (non-hydrogen) atoms. The van der Waals surface area contributed by atoms with E-state index in [1.807, 2.05) is 41.8 Å². The molecule has 0 amide bonds. The minimum absolute atomic E-state index is 0.668. The molecule has 0 radical (unpaired) electrons. The molecule has 0 spiro atoms. The van der Waals surface area contributed by atoms with Gasteiger partial charge in [-0.3, -0.25) is 0 Å². The van der Waals surface area contributed by atoms with Crippen molar-refractivity contribution in [1.29, 1.82) is 0 Å². The molecule has 0 unspecified atom stereocenters. The average molecular weight is 427 g/mol. The van der Waals surface area contributed by atoms with E-state index in [9.17, 15) is 0 Å². The van der Waals surface area contributed by atoms with Crippen molar-refractivity contribution in [2.45, 2.75) is 37.2 Å². The number of nitrogens with zero attached hydrogens (tertiary/aromatic N) is 4. The molecule has 6 nitrogen and oxygen atoms in total. The molecule has 1 aromatic carbocycles. The highest BCUT2D eigenvalue weighted by Crippen LogP contribution is 2.29. The topological polar surface area (TPSA) is 66.0 Å². The lowest BCUT2D eigenvalue weighted by Crippen LogP contribution is -2.02. The molecule has 0 aliphatic heterocycles. The van der Waals surface area contributed by atoms with Crippen LogP contribution in [-0.2, 0) is 12.3 Å². The van der Waals surface area contributed by atoms with Gasteiger partial charge in [-0.05, 0) is 42.1 Å². The van der Waals surface area contributed by atoms with E-state index >= 15 is 0 Å². The van der Waals surface area contributed by atoms with E-state index in [-0.39, 0.29) is 0 Å². The zero-order valence-electron chi connectivity index (χ0n) is 16.4. The van der Waals surface area contributed by atoms with Gasteiger partial charge in [0.1, 0.15) is 12.0 Å². The van der Waals surface area contributed by atoms with E-state index in [1.54, 1.807) is 36.5 Å². The standard InChI is InChI=1S/C21H22N4O2S2/c1-3-4-11-25-19(15-7-9-17(26-2)10-8-15)23-24-21(25)29-14-16-13-27-20(22-16)18-6-5-12-28-18/h5-10,12-13H,3-4,11,14H2,1-2H3. The number of rotatable bonds is 9. The van der Waals surface area contributed by atoms with Gasteiger partial charge in [-0.15, -0.1) is 21.5 Å². The molecule has 0 atom stereocenters. The Hall–Kier alpha value is -2.58.